The third-order valence-electron chi connectivity index (χ3n) is 2.35. The van der Waals surface area contributed by atoms with Crippen molar-refractivity contribution >= 4 is 10.0 Å². The fourth-order valence-corrected chi connectivity index (χ4v) is 2.85. The van der Waals surface area contributed by atoms with E-state index in [0.717, 1.165) is 6.07 Å². The number of aryl methyl sites for hydroxylation is 1. The van der Waals surface area contributed by atoms with Gasteiger partial charge in [0.05, 0.1) is 10.9 Å². The van der Waals surface area contributed by atoms with Gasteiger partial charge >= 0.3 is 0 Å². The summed E-state index contributed by atoms with van der Waals surface area (Å²) in [6.45, 7) is 3.37. The van der Waals surface area contributed by atoms with Crippen LogP contribution in [0.4, 0.5) is 4.39 Å². The predicted octanol–water partition coefficient (Wildman–Crippen LogP) is 1.82. The van der Waals surface area contributed by atoms with Crippen LogP contribution in [-0.4, -0.2) is 14.5 Å². The predicted molar refractivity (Wildman–Crippen MR) is 64.4 cm³/mol. The van der Waals surface area contributed by atoms with Crippen LogP contribution in [0.2, 0.25) is 0 Å². The second kappa shape index (κ2) is 5.30. The van der Waals surface area contributed by atoms with Crippen molar-refractivity contribution in [1.82, 2.24) is 4.72 Å². The fraction of sp³-hybridized carbons (Fsp3) is 0.333. The van der Waals surface area contributed by atoms with E-state index < -0.39 is 21.9 Å². The maximum Gasteiger partial charge on any atom is 0.242 e. The smallest absolute Gasteiger partial charge is 0.207 e. The first-order chi connectivity index (χ1) is 7.90. The van der Waals surface area contributed by atoms with Crippen molar-refractivity contribution in [2.75, 3.05) is 0 Å². The molecule has 1 atom stereocenters. The lowest BCUT2D eigenvalue weighted by atomic mass is 10.2. The summed E-state index contributed by atoms with van der Waals surface area (Å²) in [4.78, 5) is -0.0776. The van der Waals surface area contributed by atoms with E-state index in [2.05, 4.69) is 10.6 Å². The topological polar surface area (TPSA) is 46.2 Å². The first-order valence-corrected chi connectivity index (χ1v) is 6.63. The fourth-order valence-electron chi connectivity index (χ4n) is 1.35. The summed E-state index contributed by atoms with van der Waals surface area (Å²) in [6.07, 6.45) is 5.66. The maximum atomic E-state index is 13.0. The molecule has 17 heavy (non-hydrogen) atoms. The number of sulfonamides is 1. The minimum atomic E-state index is -3.77. The molecule has 0 bridgehead atoms. The van der Waals surface area contributed by atoms with Crippen molar-refractivity contribution in [1.29, 1.82) is 0 Å². The Labute approximate surface area is 101 Å². The third kappa shape index (κ3) is 3.29. The van der Waals surface area contributed by atoms with Crippen LogP contribution in [0.5, 0.6) is 0 Å². The average molecular weight is 255 g/mol. The zero-order valence-electron chi connectivity index (χ0n) is 9.70. The molecule has 0 amide bonds. The van der Waals surface area contributed by atoms with E-state index in [4.69, 9.17) is 6.42 Å². The van der Waals surface area contributed by atoms with Gasteiger partial charge in [0.1, 0.15) is 5.82 Å². The van der Waals surface area contributed by atoms with Gasteiger partial charge in [-0.3, -0.25) is 0 Å². The first-order valence-electron chi connectivity index (χ1n) is 5.15. The summed E-state index contributed by atoms with van der Waals surface area (Å²) < 4.78 is 39.3. The SMILES string of the molecule is C#CC(CC)NS(=O)(=O)c1cc(F)ccc1C. The zero-order chi connectivity index (χ0) is 13.1. The molecule has 5 heteroatoms. The molecule has 0 aliphatic rings. The van der Waals surface area contributed by atoms with E-state index >= 15 is 0 Å². The van der Waals surface area contributed by atoms with Gasteiger partial charge in [-0.15, -0.1) is 6.42 Å². The number of terminal acetylenes is 1. The summed E-state index contributed by atoms with van der Waals surface area (Å²) in [5.74, 6) is 1.73. The second-order valence-electron chi connectivity index (χ2n) is 3.66. The minimum absolute atomic E-state index is 0.0776. The van der Waals surface area contributed by atoms with Gasteiger partial charge in [0.15, 0.2) is 0 Å². The van der Waals surface area contributed by atoms with Gasteiger partial charge in [-0.05, 0) is 31.0 Å². The van der Waals surface area contributed by atoms with Gasteiger partial charge in [0.2, 0.25) is 10.0 Å². The molecule has 0 saturated carbocycles. The van der Waals surface area contributed by atoms with Crippen LogP contribution < -0.4 is 4.72 Å². The molecule has 1 N–H and O–H groups in total. The highest BCUT2D eigenvalue weighted by Gasteiger charge is 2.20. The molecule has 1 unspecified atom stereocenters. The standard InChI is InChI=1S/C12H14FNO2S/c1-4-11(5-2)14-17(15,16)12-8-10(13)7-6-9(12)3/h1,6-8,11,14H,5H2,2-3H3. The lowest BCUT2D eigenvalue weighted by Crippen LogP contribution is -2.33. The Morgan fingerprint density at radius 1 is 1.53 bits per heavy atom. The van der Waals surface area contributed by atoms with Crippen molar-refractivity contribution in [3.8, 4) is 12.3 Å². The largest absolute Gasteiger partial charge is 0.242 e. The molecule has 0 spiro atoms. The average Bonchev–Trinajstić information content (AvgIpc) is 2.29. The van der Waals surface area contributed by atoms with E-state index in [1.807, 2.05) is 0 Å². The number of hydrogen-bond donors (Lipinski definition) is 1. The normalized spacial score (nSPS) is 13.1. The number of halogens is 1. The van der Waals surface area contributed by atoms with E-state index in [0.29, 0.717) is 12.0 Å². The van der Waals surface area contributed by atoms with Crippen molar-refractivity contribution < 1.29 is 12.8 Å². The molecular formula is C12H14FNO2S. The number of hydrogen-bond acceptors (Lipinski definition) is 2. The maximum absolute atomic E-state index is 13.0. The monoisotopic (exact) mass is 255 g/mol. The molecule has 0 aromatic heterocycles. The van der Waals surface area contributed by atoms with Crippen LogP contribution in [0.25, 0.3) is 0 Å². The molecule has 92 valence electrons. The van der Waals surface area contributed by atoms with E-state index in [-0.39, 0.29) is 4.90 Å². The highest BCUT2D eigenvalue weighted by molar-refractivity contribution is 7.89. The molecule has 0 radical (unpaired) electrons. The molecule has 1 aromatic rings. The molecule has 3 nitrogen and oxygen atoms in total. The molecule has 0 aliphatic heterocycles. The van der Waals surface area contributed by atoms with Gasteiger partial charge in [0, 0.05) is 0 Å². The first kappa shape index (κ1) is 13.7. The molecule has 0 fully saturated rings. The number of nitrogens with one attached hydrogen (secondary N) is 1. The van der Waals surface area contributed by atoms with Gasteiger partial charge in [-0.2, -0.15) is 4.72 Å². The Bertz CT molecular complexity index is 546. The van der Waals surface area contributed by atoms with Crippen molar-refractivity contribution in [2.24, 2.45) is 0 Å². The van der Waals surface area contributed by atoms with Gasteiger partial charge in [-0.1, -0.05) is 18.9 Å². The molecule has 0 aliphatic carbocycles. The van der Waals surface area contributed by atoms with Crippen molar-refractivity contribution in [2.45, 2.75) is 31.2 Å². The zero-order valence-corrected chi connectivity index (χ0v) is 10.5. The van der Waals surface area contributed by atoms with Gasteiger partial charge < -0.3 is 0 Å². The van der Waals surface area contributed by atoms with Crippen molar-refractivity contribution in [3.05, 3.63) is 29.6 Å². The highest BCUT2D eigenvalue weighted by atomic mass is 32.2. The number of rotatable bonds is 4. The summed E-state index contributed by atoms with van der Waals surface area (Å²) >= 11 is 0. The summed E-state index contributed by atoms with van der Waals surface area (Å²) in [6, 6.07) is 3.04. The van der Waals surface area contributed by atoms with Crippen LogP contribution >= 0.6 is 0 Å². The molecule has 1 rings (SSSR count). The molecule has 1 aromatic carbocycles. The van der Waals surface area contributed by atoms with Crippen LogP contribution in [-0.2, 0) is 10.0 Å². The van der Waals surface area contributed by atoms with E-state index in [1.54, 1.807) is 13.8 Å². The van der Waals surface area contributed by atoms with Crippen LogP contribution in [0.15, 0.2) is 23.1 Å². The molecule has 0 heterocycles. The lowest BCUT2D eigenvalue weighted by molar-refractivity contribution is 0.566. The van der Waals surface area contributed by atoms with Gasteiger partial charge in [-0.25, -0.2) is 12.8 Å². The van der Waals surface area contributed by atoms with E-state index in [9.17, 15) is 12.8 Å². The van der Waals surface area contributed by atoms with Crippen LogP contribution in [0.3, 0.4) is 0 Å². The summed E-state index contributed by atoms with van der Waals surface area (Å²) in [7, 11) is -3.77. The molecular weight excluding hydrogens is 241 g/mol. The van der Waals surface area contributed by atoms with Crippen LogP contribution in [0, 0.1) is 25.1 Å². The lowest BCUT2D eigenvalue weighted by Gasteiger charge is -2.13. The van der Waals surface area contributed by atoms with E-state index in [1.165, 1.54) is 12.1 Å². The van der Waals surface area contributed by atoms with Crippen molar-refractivity contribution in [3.63, 3.8) is 0 Å². The Morgan fingerprint density at radius 2 is 2.18 bits per heavy atom. The minimum Gasteiger partial charge on any atom is -0.207 e. The third-order valence-corrected chi connectivity index (χ3v) is 3.96. The summed E-state index contributed by atoms with van der Waals surface area (Å²) in [5, 5.41) is 0. The Morgan fingerprint density at radius 3 is 2.71 bits per heavy atom. The Hall–Kier alpha value is -1.38. The quantitative estimate of drug-likeness (QED) is 0.834. The Balaban J connectivity index is 3.14. The second-order valence-corrected chi connectivity index (χ2v) is 5.34. The van der Waals surface area contributed by atoms with Crippen LogP contribution in [0.1, 0.15) is 18.9 Å². The highest BCUT2D eigenvalue weighted by Crippen LogP contribution is 2.16. The molecule has 0 saturated heterocycles. The summed E-state index contributed by atoms with van der Waals surface area (Å²) in [5.41, 5.74) is 0.478. The van der Waals surface area contributed by atoms with Gasteiger partial charge in [0.25, 0.3) is 0 Å². The number of benzene rings is 1. The Kier molecular flexibility index (Phi) is 4.27.